The second kappa shape index (κ2) is 7.41. The lowest BCUT2D eigenvalue weighted by atomic mass is 10.1. The molecule has 2 rings (SSSR count). The van der Waals surface area contributed by atoms with Crippen LogP contribution in [0.2, 0.25) is 0 Å². The monoisotopic (exact) mass is 300 g/mol. The molecule has 0 amide bonds. The van der Waals surface area contributed by atoms with Crippen molar-refractivity contribution in [2.45, 2.75) is 0 Å². The maximum Gasteiger partial charge on any atom is 0.129 e. The Bertz CT molecular complexity index is 640. The average Bonchev–Trinajstić information content (AvgIpc) is 2.59. The maximum absolute atomic E-state index is 5.40. The third-order valence-electron chi connectivity index (χ3n) is 3.34. The van der Waals surface area contributed by atoms with Crippen molar-refractivity contribution >= 4 is 12.2 Å². The summed E-state index contributed by atoms with van der Waals surface area (Å²) in [7, 11) is 6.54. The normalized spacial score (nSPS) is 10.5. The predicted molar refractivity (Wildman–Crippen MR) is 88.0 cm³/mol. The van der Waals surface area contributed by atoms with Gasteiger partial charge in [0.25, 0.3) is 0 Å². The molecule has 0 fully saturated rings. The van der Waals surface area contributed by atoms with Crippen LogP contribution in [0.1, 0.15) is 11.1 Å². The van der Waals surface area contributed by atoms with E-state index >= 15 is 0 Å². The lowest BCUT2D eigenvalue weighted by Gasteiger charge is -2.10. The summed E-state index contributed by atoms with van der Waals surface area (Å²) in [6.07, 6.45) is 3.90. The van der Waals surface area contributed by atoms with Gasteiger partial charge in [-0.3, -0.25) is 0 Å². The maximum atomic E-state index is 5.40. The molecule has 116 valence electrons. The van der Waals surface area contributed by atoms with E-state index in [2.05, 4.69) is 0 Å². The van der Waals surface area contributed by atoms with Gasteiger partial charge in [0.2, 0.25) is 0 Å². The van der Waals surface area contributed by atoms with E-state index in [0.717, 1.165) is 34.1 Å². The molecule has 2 aromatic carbocycles. The van der Waals surface area contributed by atoms with Gasteiger partial charge in [-0.2, -0.15) is 0 Å². The van der Waals surface area contributed by atoms with Gasteiger partial charge >= 0.3 is 0 Å². The largest absolute Gasteiger partial charge is 0.497 e. The molecule has 0 bridgehead atoms. The fraction of sp³-hybridized carbons (Fsp3) is 0.222. The summed E-state index contributed by atoms with van der Waals surface area (Å²) in [5, 5.41) is 0. The SMILES string of the molecule is COc1ccc(/C=C/c2c(OC)cccc2OC)c(OC)c1. The number of methoxy groups -OCH3 is 4. The Balaban J connectivity index is 2.40. The van der Waals surface area contributed by atoms with E-state index in [9.17, 15) is 0 Å². The Morgan fingerprint density at radius 1 is 0.682 bits per heavy atom. The Morgan fingerprint density at radius 3 is 1.86 bits per heavy atom. The molecule has 0 aliphatic carbocycles. The molecule has 4 heteroatoms. The Labute approximate surface area is 130 Å². The van der Waals surface area contributed by atoms with Crippen LogP contribution < -0.4 is 18.9 Å². The summed E-state index contributed by atoms with van der Waals surface area (Å²) in [6, 6.07) is 11.4. The molecule has 0 saturated heterocycles. The van der Waals surface area contributed by atoms with Gasteiger partial charge in [0.15, 0.2) is 0 Å². The number of rotatable bonds is 6. The highest BCUT2D eigenvalue weighted by molar-refractivity contribution is 5.78. The fourth-order valence-corrected chi connectivity index (χ4v) is 2.17. The molecule has 0 heterocycles. The minimum Gasteiger partial charge on any atom is -0.497 e. The van der Waals surface area contributed by atoms with Crippen LogP contribution >= 0.6 is 0 Å². The third kappa shape index (κ3) is 3.34. The van der Waals surface area contributed by atoms with Crippen LogP contribution in [0, 0.1) is 0 Å². The molecule has 0 N–H and O–H groups in total. The lowest BCUT2D eigenvalue weighted by molar-refractivity contribution is 0.392. The predicted octanol–water partition coefficient (Wildman–Crippen LogP) is 3.89. The number of ether oxygens (including phenoxy) is 4. The first-order valence-electron chi connectivity index (χ1n) is 6.84. The smallest absolute Gasteiger partial charge is 0.129 e. The molecule has 0 atom stereocenters. The molecule has 0 aliphatic heterocycles. The van der Waals surface area contributed by atoms with Gasteiger partial charge in [0, 0.05) is 11.6 Å². The summed E-state index contributed by atoms with van der Waals surface area (Å²) in [5.41, 5.74) is 1.82. The van der Waals surface area contributed by atoms with E-state index in [0.29, 0.717) is 0 Å². The van der Waals surface area contributed by atoms with Gasteiger partial charge in [0.1, 0.15) is 23.0 Å². The zero-order valence-corrected chi connectivity index (χ0v) is 13.3. The number of hydrogen-bond acceptors (Lipinski definition) is 4. The highest BCUT2D eigenvalue weighted by Crippen LogP contribution is 2.32. The van der Waals surface area contributed by atoms with Crippen molar-refractivity contribution in [3.63, 3.8) is 0 Å². The first-order chi connectivity index (χ1) is 10.7. The Morgan fingerprint density at radius 2 is 1.32 bits per heavy atom. The van der Waals surface area contributed by atoms with E-state index in [4.69, 9.17) is 18.9 Å². The van der Waals surface area contributed by atoms with Gasteiger partial charge in [-0.15, -0.1) is 0 Å². The summed E-state index contributed by atoms with van der Waals surface area (Å²) in [5.74, 6) is 3.00. The van der Waals surface area contributed by atoms with Crippen LogP contribution in [0.4, 0.5) is 0 Å². The first kappa shape index (κ1) is 15.8. The van der Waals surface area contributed by atoms with Crippen LogP contribution in [0.5, 0.6) is 23.0 Å². The minimum atomic E-state index is 0.740. The van der Waals surface area contributed by atoms with Crippen molar-refractivity contribution in [3.8, 4) is 23.0 Å². The molecule has 22 heavy (non-hydrogen) atoms. The van der Waals surface area contributed by atoms with Crippen molar-refractivity contribution in [1.29, 1.82) is 0 Å². The van der Waals surface area contributed by atoms with Gasteiger partial charge < -0.3 is 18.9 Å². The van der Waals surface area contributed by atoms with Crippen LogP contribution in [-0.4, -0.2) is 28.4 Å². The molecule has 0 unspecified atom stereocenters. The van der Waals surface area contributed by atoms with E-state index in [-0.39, 0.29) is 0 Å². The zero-order valence-electron chi connectivity index (χ0n) is 13.3. The average molecular weight is 300 g/mol. The summed E-state index contributed by atoms with van der Waals surface area (Å²) in [6.45, 7) is 0. The molecule has 0 saturated carbocycles. The molecule has 0 spiro atoms. The van der Waals surface area contributed by atoms with Crippen molar-refractivity contribution in [3.05, 3.63) is 47.5 Å². The fourth-order valence-electron chi connectivity index (χ4n) is 2.17. The standard InChI is InChI=1S/C18H20O4/c1-19-14-10-8-13(18(12-14)22-4)9-11-15-16(20-2)6-5-7-17(15)21-3/h5-12H,1-4H3/b11-9+. The molecule has 4 nitrogen and oxygen atoms in total. The molecule has 0 aliphatic rings. The topological polar surface area (TPSA) is 36.9 Å². The Hall–Kier alpha value is -2.62. The quantitative estimate of drug-likeness (QED) is 0.758. The molecule has 0 radical (unpaired) electrons. The number of benzene rings is 2. The van der Waals surface area contributed by atoms with Crippen LogP contribution in [0.25, 0.3) is 12.2 Å². The highest BCUT2D eigenvalue weighted by Gasteiger charge is 2.07. The van der Waals surface area contributed by atoms with E-state index in [1.165, 1.54) is 0 Å². The van der Waals surface area contributed by atoms with Crippen molar-refractivity contribution in [2.75, 3.05) is 28.4 Å². The second-order valence-corrected chi connectivity index (χ2v) is 4.52. The molecule has 0 aromatic heterocycles. The van der Waals surface area contributed by atoms with Gasteiger partial charge in [-0.05, 0) is 30.3 Å². The minimum absolute atomic E-state index is 0.740. The van der Waals surface area contributed by atoms with Crippen molar-refractivity contribution < 1.29 is 18.9 Å². The first-order valence-corrected chi connectivity index (χ1v) is 6.84. The van der Waals surface area contributed by atoms with Crippen molar-refractivity contribution in [1.82, 2.24) is 0 Å². The van der Waals surface area contributed by atoms with Crippen LogP contribution in [0.15, 0.2) is 36.4 Å². The van der Waals surface area contributed by atoms with E-state index < -0.39 is 0 Å². The summed E-state index contributed by atoms with van der Waals surface area (Å²) >= 11 is 0. The van der Waals surface area contributed by atoms with E-state index in [1.807, 2.05) is 48.6 Å². The van der Waals surface area contributed by atoms with Gasteiger partial charge in [-0.25, -0.2) is 0 Å². The molecular formula is C18H20O4. The highest BCUT2D eigenvalue weighted by atomic mass is 16.5. The zero-order chi connectivity index (χ0) is 15.9. The van der Waals surface area contributed by atoms with Crippen molar-refractivity contribution in [2.24, 2.45) is 0 Å². The van der Waals surface area contributed by atoms with Gasteiger partial charge in [-0.1, -0.05) is 12.1 Å². The summed E-state index contributed by atoms with van der Waals surface area (Å²) < 4.78 is 21.4. The Kier molecular flexibility index (Phi) is 5.31. The second-order valence-electron chi connectivity index (χ2n) is 4.52. The van der Waals surface area contributed by atoms with Gasteiger partial charge in [0.05, 0.1) is 34.0 Å². The molecule has 2 aromatic rings. The molecular weight excluding hydrogens is 280 g/mol. The summed E-state index contributed by atoms with van der Waals surface area (Å²) in [4.78, 5) is 0. The van der Waals surface area contributed by atoms with E-state index in [1.54, 1.807) is 28.4 Å². The lowest BCUT2D eigenvalue weighted by Crippen LogP contribution is -1.92. The third-order valence-corrected chi connectivity index (χ3v) is 3.34. The van der Waals surface area contributed by atoms with Crippen LogP contribution in [0.3, 0.4) is 0 Å². The van der Waals surface area contributed by atoms with Crippen LogP contribution in [-0.2, 0) is 0 Å². The number of hydrogen-bond donors (Lipinski definition) is 0.